The fourth-order valence-electron chi connectivity index (χ4n) is 3.43. The topological polar surface area (TPSA) is 81.7 Å². The Labute approximate surface area is 203 Å². The average molecular weight is 466 g/mol. The largest absolute Gasteiger partial charge is 0.396 e. The smallest absolute Gasteiger partial charge is 0.220 e. The molecule has 0 rings (SSSR count). The molecular formula is C27H51N3O3. The molecule has 0 aromatic carbocycles. The maximum Gasteiger partial charge on any atom is 0.220 e. The van der Waals surface area contributed by atoms with Crippen LogP contribution in [0.2, 0.25) is 0 Å². The molecule has 0 aromatic heterocycles. The number of aliphatic hydroxyl groups excluding tert-OH is 1. The first kappa shape index (κ1) is 31.3. The molecule has 0 fully saturated rings. The highest BCUT2D eigenvalue weighted by Gasteiger charge is 2.06. The molecule has 0 heterocycles. The SMILES string of the molecule is CCC/C=C/CCCC(=O)NCCCN(CCCO)CCCNC(=O)CCC/C=C/CCC. The van der Waals surface area contributed by atoms with Gasteiger partial charge in [-0.2, -0.15) is 0 Å². The van der Waals surface area contributed by atoms with Crippen molar-refractivity contribution in [1.82, 2.24) is 15.5 Å². The van der Waals surface area contributed by atoms with Crippen molar-refractivity contribution in [2.75, 3.05) is 39.3 Å². The second-order valence-electron chi connectivity index (χ2n) is 8.63. The monoisotopic (exact) mass is 465 g/mol. The van der Waals surface area contributed by atoms with Crippen molar-refractivity contribution < 1.29 is 14.7 Å². The van der Waals surface area contributed by atoms with Gasteiger partial charge >= 0.3 is 0 Å². The van der Waals surface area contributed by atoms with Crippen molar-refractivity contribution in [3.8, 4) is 0 Å². The number of allylic oxidation sites excluding steroid dienone is 4. The summed E-state index contributed by atoms with van der Waals surface area (Å²) in [6.45, 7) is 8.49. The Hall–Kier alpha value is -1.66. The van der Waals surface area contributed by atoms with Crippen molar-refractivity contribution in [1.29, 1.82) is 0 Å². The fourth-order valence-corrected chi connectivity index (χ4v) is 3.43. The number of amides is 2. The van der Waals surface area contributed by atoms with Crippen LogP contribution < -0.4 is 10.6 Å². The molecule has 192 valence electrons. The van der Waals surface area contributed by atoms with Gasteiger partial charge in [0, 0.05) is 39.1 Å². The molecule has 2 amide bonds. The second kappa shape index (κ2) is 25.0. The number of nitrogens with one attached hydrogen (secondary N) is 2. The van der Waals surface area contributed by atoms with E-state index in [-0.39, 0.29) is 18.4 Å². The van der Waals surface area contributed by atoms with Crippen molar-refractivity contribution in [3.05, 3.63) is 24.3 Å². The maximum atomic E-state index is 11.9. The zero-order valence-corrected chi connectivity index (χ0v) is 21.5. The molecule has 0 aliphatic rings. The summed E-state index contributed by atoms with van der Waals surface area (Å²) in [6.07, 6.45) is 20.7. The van der Waals surface area contributed by atoms with Gasteiger partial charge < -0.3 is 20.6 Å². The van der Waals surface area contributed by atoms with E-state index in [9.17, 15) is 9.59 Å². The number of nitrogens with zero attached hydrogens (tertiary/aromatic N) is 1. The second-order valence-corrected chi connectivity index (χ2v) is 8.63. The molecule has 0 unspecified atom stereocenters. The first-order valence-electron chi connectivity index (χ1n) is 13.3. The lowest BCUT2D eigenvalue weighted by atomic mass is 10.2. The van der Waals surface area contributed by atoms with Gasteiger partial charge in [-0.1, -0.05) is 51.0 Å². The number of aliphatic hydroxyl groups is 1. The van der Waals surface area contributed by atoms with Crippen LogP contribution in [-0.4, -0.2) is 61.2 Å². The van der Waals surface area contributed by atoms with Gasteiger partial charge in [-0.15, -0.1) is 0 Å². The highest BCUT2D eigenvalue weighted by Crippen LogP contribution is 2.01. The van der Waals surface area contributed by atoms with Gasteiger partial charge in [-0.25, -0.2) is 0 Å². The lowest BCUT2D eigenvalue weighted by molar-refractivity contribution is -0.122. The van der Waals surface area contributed by atoms with E-state index in [2.05, 4.69) is 53.7 Å². The van der Waals surface area contributed by atoms with Crippen molar-refractivity contribution in [2.24, 2.45) is 0 Å². The Morgan fingerprint density at radius 3 is 1.52 bits per heavy atom. The molecule has 6 nitrogen and oxygen atoms in total. The van der Waals surface area contributed by atoms with Crippen molar-refractivity contribution >= 4 is 11.8 Å². The van der Waals surface area contributed by atoms with Gasteiger partial charge in [0.1, 0.15) is 0 Å². The minimum Gasteiger partial charge on any atom is -0.396 e. The van der Waals surface area contributed by atoms with E-state index in [0.717, 1.165) is 90.3 Å². The van der Waals surface area contributed by atoms with Crippen molar-refractivity contribution in [2.45, 2.75) is 97.3 Å². The Bertz CT molecular complexity index is 479. The maximum absolute atomic E-state index is 11.9. The molecule has 0 aliphatic heterocycles. The van der Waals surface area contributed by atoms with Gasteiger partial charge in [0.05, 0.1) is 0 Å². The van der Waals surface area contributed by atoms with Crippen LogP contribution in [0.1, 0.15) is 97.3 Å². The molecule has 0 aliphatic carbocycles. The predicted molar refractivity (Wildman–Crippen MR) is 139 cm³/mol. The Morgan fingerprint density at radius 2 is 1.09 bits per heavy atom. The van der Waals surface area contributed by atoms with Gasteiger partial charge in [-0.05, 0) is 70.9 Å². The van der Waals surface area contributed by atoms with E-state index in [4.69, 9.17) is 5.11 Å². The van der Waals surface area contributed by atoms with Crippen LogP contribution in [0.3, 0.4) is 0 Å². The molecule has 33 heavy (non-hydrogen) atoms. The molecule has 0 bridgehead atoms. The van der Waals surface area contributed by atoms with E-state index in [1.165, 1.54) is 0 Å². The first-order chi connectivity index (χ1) is 16.1. The summed E-state index contributed by atoms with van der Waals surface area (Å²) in [7, 11) is 0. The third kappa shape index (κ3) is 23.3. The first-order valence-corrected chi connectivity index (χ1v) is 13.3. The number of unbranched alkanes of at least 4 members (excludes halogenated alkanes) is 4. The van der Waals surface area contributed by atoms with Crippen LogP contribution >= 0.6 is 0 Å². The molecule has 0 saturated carbocycles. The molecule has 0 radical (unpaired) electrons. The predicted octanol–water partition coefficient (Wildman–Crippen LogP) is 4.74. The van der Waals surface area contributed by atoms with Gasteiger partial charge in [-0.3, -0.25) is 9.59 Å². The lowest BCUT2D eigenvalue weighted by Gasteiger charge is -2.22. The highest BCUT2D eigenvalue weighted by molar-refractivity contribution is 5.76. The average Bonchev–Trinajstić information content (AvgIpc) is 2.81. The molecule has 0 saturated heterocycles. The van der Waals surface area contributed by atoms with E-state index in [0.29, 0.717) is 25.9 Å². The third-order valence-corrected chi connectivity index (χ3v) is 5.37. The van der Waals surface area contributed by atoms with Crippen LogP contribution in [0.4, 0.5) is 0 Å². The Balaban J connectivity index is 3.87. The molecule has 0 atom stereocenters. The van der Waals surface area contributed by atoms with Crippen LogP contribution in [0.25, 0.3) is 0 Å². The summed E-state index contributed by atoms with van der Waals surface area (Å²) in [5.74, 6) is 0.258. The standard InChI is InChI=1S/C27H51N3O3/c1-3-5-7-9-11-13-18-26(32)28-20-15-22-30(24-17-25-31)23-16-21-29-27(33)19-14-12-10-8-6-4-2/h7-10,31H,3-6,11-25H2,1-2H3,(H,28,32)(H,29,33)/b9-7+,10-8+. The number of hydrogen-bond acceptors (Lipinski definition) is 4. The van der Waals surface area contributed by atoms with Crippen LogP contribution in [0, 0.1) is 0 Å². The van der Waals surface area contributed by atoms with E-state index < -0.39 is 0 Å². The highest BCUT2D eigenvalue weighted by atomic mass is 16.3. The quantitative estimate of drug-likeness (QED) is 0.150. The van der Waals surface area contributed by atoms with Crippen LogP contribution in [0.5, 0.6) is 0 Å². The number of carbonyl (C=O) groups excluding carboxylic acids is 2. The van der Waals surface area contributed by atoms with Crippen LogP contribution in [-0.2, 0) is 9.59 Å². The molecule has 3 N–H and O–H groups in total. The zero-order valence-electron chi connectivity index (χ0n) is 21.5. The molecule has 0 spiro atoms. The van der Waals surface area contributed by atoms with E-state index >= 15 is 0 Å². The third-order valence-electron chi connectivity index (χ3n) is 5.37. The summed E-state index contributed by atoms with van der Waals surface area (Å²) in [5, 5.41) is 15.2. The number of hydrogen-bond donors (Lipinski definition) is 3. The summed E-state index contributed by atoms with van der Waals surface area (Å²) < 4.78 is 0. The molecule has 0 aromatic rings. The van der Waals surface area contributed by atoms with Gasteiger partial charge in [0.15, 0.2) is 0 Å². The van der Waals surface area contributed by atoms with E-state index in [1.807, 2.05) is 0 Å². The van der Waals surface area contributed by atoms with Crippen LogP contribution in [0.15, 0.2) is 24.3 Å². The number of carbonyl (C=O) groups is 2. The fraction of sp³-hybridized carbons (Fsp3) is 0.778. The lowest BCUT2D eigenvalue weighted by Crippen LogP contribution is -2.33. The normalized spacial score (nSPS) is 11.6. The number of rotatable bonds is 23. The molecular weight excluding hydrogens is 414 g/mol. The summed E-state index contributed by atoms with van der Waals surface area (Å²) >= 11 is 0. The zero-order chi connectivity index (χ0) is 24.4. The molecule has 6 heteroatoms. The minimum atomic E-state index is 0.129. The summed E-state index contributed by atoms with van der Waals surface area (Å²) in [6, 6.07) is 0. The summed E-state index contributed by atoms with van der Waals surface area (Å²) in [5.41, 5.74) is 0. The van der Waals surface area contributed by atoms with Gasteiger partial charge in [0.2, 0.25) is 11.8 Å². The van der Waals surface area contributed by atoms with Crippen molar-refractivity contribution in [3.63, 3.8) is 0 Å². The van der Waals surface area contributed by atoms with E-state index in [1.54, 1.807) is 0 Å². The summed E-state index contributed by atoms with van der Waals surface area (Å²) in [4.78, 5) is 26.2. The Kier molecular flexibility index (Phi) is 23.7. The Morgan fingerprint density at radius 1 is 0.667 bits per heavy atom. The van der Waals surface area contributed by atoms with Gasteiger partial charge in [0.25, 0.3) is 0 Å². The minimum absolute atomic E-state index is 0.129.